The number of hydrogen-bond donors (Lipinski definition) is 1. The molecule has 1 saturated carbocycles. The van der Waals surface area contributed by atoms with Crippen molar-refractivity contribution in [3.8, 4) is 0 Å². The second kappa shape index (κ2) is 3.49. The monoisotopic (exact) mass is 213 g/mol. The van der Waals surface area contributed by atoms with Gasteiger partial charge in [0, 0.05) is 10.7 Å². The number of carbonyl (C=O) groups is 1. The summed E-state index contributed by atoms with van der Waals surface area (Å²) in [5.41, 5.74) is 0. The number of halogens is 1. The summed E-state index contributed by atoms with van der Waals surface area (Å²) in [5.74, 6) is 0. The van der Waals surface area contributed by atoms with E-state index in [1.54, 1.807) is 0 Å². The average Bonchev–Trinajstić information content (AvgIpc) is 1.74. The molecule has 0 aromatic heterocycles. The van der Waals surface area contributed by atoms with E-state index in [4.69, 9.17) is 10.7 Å². The summed E-state index contributed by atoms with van der Waals surface area (Å²) in [6.45, 7) is 0. The van der Waals surface area contributed by atoms with Gasteiger partial charge in [0.2, 0.25) is 0 Å². The Kier molecular flexibility index (Phi) is 2.79. The van der Waals surface area contributed by atoms with Crippen LogP contribution in [-0.2, 0) is 14.0 Å². The Hall–Kier alpha value is -0.490. The van der Waals surface area contributed by atoms with Crippen LogP contribution in [0.3, 0.4) is 0 Å². The van der Waals surface area contributed by atoms with Gasteiger partial charge in [-0.25, -0.2) is 9.52 Å². The van der Waals surface area contributed by atoms with Crippen molar-refractivity contribution in [2.24, 2.45) is 0 Å². The minimum atomic E-state index is -4.01. The third-order valence-corrected chi connectivity index (χ3v) is 2.17. The van der Waals surface area contributed by atoms with E-state index in [2.05, 4.69) is 4.74 Å². The first-order chi connectivity index (χ1) is 5.47. The third-order valence-electron chi connectivity index (χ3n) is 1.53. The van der Waals surface area contributed by atoms with Crippen molar-refractivity contribution in [3.63, 3.8) is 0 Å². The van der Waals surface area contributed by atoms with Crippen LogP contribution in [0.2, 0.25) is 0 Å². The van der Waals surface area contributed by atoms with E-state index in [0.717, 1.165) is 19.3 Å². The van der Waals surface area contributed by atoms with Gasteiger partial charge < -0.3 is 4.74 Å². The molecule has 0 aromatic carbocycles. The summed E-state index contributed by atoms with van der Waals surface area (Å²) < 4.78 is 26.7. The Balaban J connectivity index is 2.29. The molecule has 0 atom stereocenters. The van der Waals surface area contributed by atoms with Gasteiger partial charge in [-0.1, -0.05) is 0 Å². The van der Waals surface area contributed by atoms with Crippen LogP contribution in [0.25, 0.3) is 0 Å². The summed E-state index contributed by atoms with van der Waals surface area (Å²) >= 11 is 0. The molecule has 0 spiro atoms. The number of carbonyl (C=O) groups excluding carboxylic acids is 1. The van der Waals surface area contributed by atoms with Crippen molar-refractivity contribution in [2.45, 2.75) is 25.4 Å². The Morgan fingerprint density at radius 2 is 2.08 bits per heavy atom. The first kappa shape index (κ1) is 9.60. The fraction of sp³-hybridized carbons (Fsp3) is 0.800. The summed E-state index contributed by atoms with van der Waals surface area (Å²) in [5, 5.41) is 0. The van der Waals surface area contributed by atoms with Crippen LogP contribution >= 0.6 is 10.7 Å². The highest BCUT2D eigenvalue weighted by Crippen LogP contribution is 2.21. The van der Waals surface area contributed by atoms with Gasteiger partial charge in [0.1, 0.15) is 6.10 Å². The molecule has 0 aliphatic heterocycles. The highest BCUT2D eigenvalue weighted by Gasteiger charge is 2.23. The topological polar surface area (TPSA) is 72.5 Å². The zero-order valence-electron chi connectivity index (χ0n) is 6.12. The minimum absolute atomic E-state index is 0.150. The van der Waals surface area contributed by atoms with Crippen molar-refractivity contribution in [2.75, 3.05) is 0 Å². The molecule has 0 unspecified atom stereocenters. The second-order valence-electron chi connectivity index (χ2n) is 2.50. The largest absolute Gasteiger partial charge is 0.446 e. The van der Waals surface area contributed by atoms with E-state index >= 15 is 0 Å². The van der Waals surface area contributed by atoms with E-state index in [1.165, 1.54) is 4.72 Å². The molecule has 12 heavy (non-hydrogen) atoms. The SMILES string of the molecule is O=C(NS(=O)(=O)Cl)OC1CCC1. The molecule has 0 heterocycles. The first-order valence-electron chi connectivity index (χ1n) is 3.40. The molecule has 70 valence electrons. The van der Waals surface area contributed by atoms with Crippen molar-refractivity contribution in [3.05, 3.63) is 0 Å². The van der Waals surface area contributed by atoms with Gasteiger partial charge in [0.05, 0.1) is 0 Å². The van der Waals surface area contributed by atoms with Gasteiger partial charge in [-0.05, 0) is 19.3 Å². The number of hydrogen-bond acceptors (Lipinski definition) is 4. The lowest BCUT2D eigenvalue weighted by Gasteiger charge is -2.24. The molecule has 0 aromatic rings. The van der Waals surface area contributed by atoms with Crippen LogP contribution in [0.15, 0.2) is 0 Å². The quantitative estimate of drug-likeness (QED) is 0.687. The summed E-state index contributed by atoms with van der Waals surface area (Å²) in [4.78, 5) is 10.7. The van der Waals surface area contributed by atoms with Gasteiger partial charge in [0.25, 0.3) is 0 Å². The van der Waals surface area contributed by atoms with E-state index in [9.17, 15) is 13.2 Å². The predicted molar refractivity (Wildman–Crippen MR) is 42.0 cm³/mol. The second-order valence-corrected chi connectivity index (χ2v) is 4.80. The van der Waals surface area contributed by atoms with E-state index in [1.807, 2.05) is 0 Å². The van der Waals surface area contributed by atoms with Gasteiger partial charge in [-0.2, -0.15) is 8.42 Å². The highest BCUT2D eigenvalue weighted by atomic mass is 35.7. The number of amides is 1. The maximum Gasteiger partial charge on any atom is 0.422 e. The molecule has 1 fully saturated rings. The first-order valence-corrected chi connectivity index (χ1v) is 5.71. The fourth-order valence-electron chi connectivity index (χ4n) is 0.764. The van der Waals surface area contributed by atoms with Crippen LogP contribution in [-0.4, -0.2) is 20.6 Å². The molecular formula is C5H8ClNO4S. The molecule has 0 saturated heterocycles. The average molecular weight is 214 g/mol. The lowest BCUT2D eigenvalue weighted by atomic mass is 9.96. The number of ether oxygens (including phenoxy) is 1. The standard InChI is InChI=1S/C5H8ClNO4S/c6-12(9,10)7-5(8)11-4-2-1-3-4/h4H,1-3H2,(H,7,8). The van der Waals surface area contributed by atoms with Crippen molar-refractivity contribution in [1.29, 1.82) is 0 Å². The fourth-order valence-corrected chi connectivity index (χ4v) is 1.20. The van der Waals surface area contributed by atoms with Crippen LogP contribution in [0.5, 0.6) is 0 Å². The molecule has 0 radical (unpaired) electrons. The molecule has 1 aliphatic carbocycles. The summed E-state index contributed by atoms with van der Waals surface area (Å²) in [6, 6.07) is 0. The third kappa shape index (κ3) is 3.27. The van der Waals surface area contributed by atoms with Crippen LogP contribution in [0.4, 0.5) is 4.79 Å². The summed E-state index contributed by atoms with van der Waals surface area (Å²) in [6.07, 6.45) is 1.43. The van der Waals surface area contributed by atoms with Gasteiger partial charge in [-0.3, -0.25) is 0 Å². The molecular weight excluding hydrogens is 206 g/mol. The molecule has 1 amide bonds. The Labute approximate surface area is 74.6 Å². The van der Waals surface area contributed by atoms with E-state index < -0.39 is 15.3 Å². The zero-order chi connectivity index (χ0) is 9.19. The maximum absolute atomic E-state index is 10.7. The van der Waals surface area contributed by atoms with Crippen molar-refractivity contribution < 1.29 is 17.9 Å². The predicted octanol–water partition coefficient (Wildman–Crippen LogP) is 0.749. The highest BCUT2D eigenvalue weighted by molar-refractivity contribution is 8.12. The van der Waals surface area contributed by atoms with Crippen LogP contribution in [0, 0.1) is 0 Å². The van der Waals surface area contributed by atoms with Crippen molar-refractivity contribution >= 4 is 26.0 Å². The van der Waals surface area contributed by atoms with E-state index in [-0.39, 0.29) is 6.10 Å². The normalized spacial score (nSPS) is 18.1. The lowest BCUT2D eigenvalue weighted by Crippen LogP contribution is -2.33. The van der Waals surface area contributed by atoms with Gasteiger partial charge in [-0.15, -0.1) is 0 Å². The Morgan fingerprint density at radius 3 is 2.42 bits per heavy atom. The molecule has 1 rings (SSSR count). The minimum Gasteiger partial charge on any atom is -0.446 e. The van der Waals surface area contributed by atoms with E-state index in [0.29, 0.717) is 0 Å². The maximum atomic E-state index is 10.7. The van der Waals surface area contributed by atoms with Crippen LogP contribution < -0.4 is 4.72 Å². The lowest BCUT2D eigenvalue weighted by molar-refractivity contribution is 0.0565. The van der Waals surface area contributed by atoms with Gasteiger partial charge >= 0.3 is 15.3 Å². The zero-order valence-corrected chi connectivity index (χ0v) is 7.69. The molecule has 5 nitrogen and oxygen atoms in total. The molecule has 1 aliphatic rings. The Bertz CT molecular complexity index is 271. The molecule has 0 bridgehead atoms. The smallest absolute Gasteiger partial charge is 0.422 e. The summed E-state index contributed by atoms with van der Waals surface area (Å²) in [7, 11) is 0.728. The molecule has 1 N–H and O–H groups in total. The number of rotatable bonds is 2. The van der Waals surface area contributed by atoms with Crippen molar-refractivity contribution in [1.82, 2.24) is 4.72 Å². The van der Waals surface area contributed by atoms with Gasteiger partial charge in [0.15, 0.2) is 0 Å². The van der Waals surface area contributed by atoms with Crippen LogP contribution in [0.1, 0.15) is 19.3 Å². The Morgan fingerprint density at radius 1 is 1.50 bits per heavy atom. The molecule has 7 heteroatoms. The number of nitrogens with one attached hydrogen (secondary N) is 1.